The normalized spacial score (nSPS) is 17.0. The fourth-order valence-corrected chi connectivity index (χ4v) is 2.96. The van der Waals surface area contributed by atoms with Gasteiger partial charge in [-0.3, -0.25) is 0 Å². The molecule has 27 heavy (non-hydrogen) atoms. The van der Waals surface area contributed by atoms with E-state index in [0.717, 1.165) is 13.0 Å². The number of hydrogen-bond donors (Lipinski definition) is 1. The molecule has 2 aromatic rings. The molecule has 1 fully saturated rings. The SMILES string of the molecule is CC(C)(C)NC(=O)N1CCC(COc2ccc(-c3cccc(F)c3)nn2)C1. The number of benzene rings is 1. The van der Waals surface area contributed by atoms with Crippen molar-refractivity contribution in [1.29, 1.82) is 0 Å². The van der Waals surface area contributed by atoms with Gasteiger partial charge in [0.1, 0.15) is 5.82 Å². The average Bonchev–Trinajstić information content (AvgIpc) is 3.08. The van der Waals surface area contributed by atoms with Gasteiger partial charge in [-0.15, -0.1) is 10.2 Å². The molecule has 2 heterocycles. The van der Waals surface area contributed by atoms with Gasteiger partial charge in [-0.25, -0.2) is 9.18 Å². The summed E-state index contributed by atoms with van der Waals surface area (Å²) in [5.41, 5.74) is 1.02. The predicted octanol–water partition coefficient (Wildman–Crippen LogP) is 3.49. The Labute approximate surface area is 158 Å². The fraction of sp³-hybridized carbons (Fsp3) is 0.450. The quantitative estimate of drug-likeness (QED) is 0.892. The number of halogens is 1. The van der Waals surface area contributed by atoms with Crippen LogP contribution in [0.25, 0.3) is 11.3 Å². The highest BCUT2D eigenvalue weighted by Crippen LogP contribution is 2.21. The highest BCUT2D eigenvalue weighted by atomic mass is 19.1. The lowest BCUT2D eigenvalue weighted by atomic mass is 10.1. The number of ether oxygens (including phenoxy) is 1. The molecule has 2 amide bonds. The van der Waals surface area contributed by atoms with Crippen molar-refractivity contribution in [3.63, 3.8) is 0 Å². The summed E-state index contributed by atoms with van der Waals surface area (Å²) in [7, 11) is 0. The van der Waals surface area contributed by atoms with E-state index in [1.807, 2.05) is 25.7 Å². The first-order valence-corrected chi connectivity index (χ1v) is 9.10. The van der Waals surface area contributed by atoms with Crippen LogP contribution in [0.3, 0.4) is 0 Å². The first kappa shape index (κ1) is 19.1. The number of aromatic nitrogens is 2. The van der Waals surface area contributed by atoms with Crippen LogP contribution >= 0.6 is 0 Å². The molecule has 0 aliphatic carbocycles. The topological polar surface area (TPSA) is 67.4 Å². The Kier molecular flexibility index (Phi) is 5.58. The van der Waals surface area contributed by atoms with Gasteiger partial charge in [-0.2, -0.15) is 0 Å². The van der Waals surface area contributed by atoms with Gasteiger partial charge < -0.3 is 15.0 Å². The molecule has 144 valence electrons. The zero-order valence-corrected chi connectivity index (χ0v) is 15.9. The molecule has 1 saturated heterocycles. The van der Waals surface area contributed by atoms with Crippen molar-refractivity contribution in [3.05, 3.63) is 42.2 Å². The maximum absolute atomic E-state index is 13.3. The highest BCUT2D eigenvalue weighted by Gasteiger charge is 2.28. The fourth-order valence-electron chi connectivity index (χ4n) is 2.96. The lowest BCUT2D eigenvalue weighted by molar-refractivity contribution is 0.192. The zero-order chi connectivity index (χ0) is 19.4. The molecule has 1 aromatic carbocycles. The molecule has 7 heteroatoms. The van der Waals surface area contributed by atoms with Crippen molar-refractivity contribution in [2.75, 3.05) is 19.7 Å². The van der Waals surface area contributed by atoms with Gasteiger partial charge in [-0.05, 0) is 45.4 Å². The zero-order valence-electron chi connectivity index (χ0n) is 15.9. The number of nitrogens with zero attached hydrogens (tertiary/aromatic N) is 3. The van der Waals surface area contributed by atoms with E-state index >= 15 is 0 Å². The first-order chi connectivity index (χ1) is 12.8. The molecule has 1 aliphatic heterocycles. The molecular formula is C20H25FN4O2. The Morgan fingerprint density at radius 1 is 1.30 bits per heavy atom. The molecule has 1 aliphatic rings. The second kappa shape index (κ2) is 7.90. The lowest BCUT2D eigenvalue weighted by Gasteiger charge is -2.25. The van der Waals surface area contributed by atoms with E-state index in [9.17, 15) is 9.18 Å². The summed E-state index contributed by atoms with van der Waals surface area (Å²) in [6, 6.07) is 9.67. The summed E-state index contributed by atoms with van der Waals surface area (Å²) in [5, 5.41) is 11.1. The summed E-state index contributed by atoms with van der Waals surface area (Å²) < 4.78 is 19.0. The molecule has 0 spiro atoms. The summed E-state index contributed by atoms with van der Waals surface area (Å²) in [6.07, 6.45) is 0.895. The minimum atomic E-state index is -0.309. The monoisotopic (exact) mass is 372 g/mol. The summed E-state index contributed by atoms with van der Waals surface area (Å²) >= 11 is 0. The number of carbonyl (C=O) groups is 1. The van der Waals surface area contributed by atoms with Gasteiger partial charge >= 0.3 is 6.03 Å². The van der Waals surface area contributed by atoms with Crippen LogP contribution in [0.5, 0.6) is 5.88 Å². The van der Waals surface area contributed by atoms with Gasteiger partial charge in [0.2, 0.25) is 5.88 Å². The molecule has 3 rings (SSSR count). The summed E-state index contributed by atoms with van der Waals surface area (Å²) in [6.45, 7) is 7.76. The van der Waals surface area contributed by atoms with Crippen molar-refractivity contribution in [3.8, 4) is 17.1 Å². The van der Waals surface area contributed by atoms with Crippen LogP contribution in [0.15, 0.2) is 36.4 Å². The third-order valence-electron chi connectivity index (χ3n) is 4.28. The van der Waals surface area contributed by atoms with E-state index in [1.54, 1.807) is 24.3 Å². The lowest BCUT2D eigenvalue weighted by Crippen LogP contribution is -2.47. The van der Waals surface area contributed by atoms with E-state index in [-0.39, 0.29) is 23.3 Å². The predicted molar refractivity (Wildman–Crippen MR) is 101 cm³/mol. The average molecular weight is 372 g/mol. The Morgan fingerprint density at radius 2 is 2.11 bits per heavy atom. The van der Waals surface area contributed by atoms with Crippen LogP contribution in [-0.4, -0.2) is 46.4 Å². The van der Waals surface area contributed by atoms with Gasteiger partial charge in [0, 0.05) is 36.2 Å². The Morgan fingerprint density at radius 3 is 2.78 bits per heavy atom. The first-order valence-electron chi connectivity index (χ1n) is 9.10. The van der Waals surface area contributed by atoms with Gasteiger partial charge in [0.15, 0.2) is 0 Å². The molecule has 1 atom stereocenters. The molecule has 6 nitrogen and oxygen atoms in total. The molecule has 0 radical (unpaired) electrons. The standard InChI is InChI=1S/C20H25FN4O2/c1-20(2,3)22-19(26)25-10-9-14(12-25)13-27-18-8-7-17(23-24-18)15-5-4-6-16(21)11-15/h4-8,11,14H,9-10,12-13H2,1-3H3,(H,22,26). The van der Waals surface area contributed by atoms with E-state index < -0.39 is 0 Å². The Hall–Kier alpha value is -2.70. The molecule has 0 saturated carbocycles. The van der Waals surface area contributed by atoms with E-state index in [2.05, 4.69) is 15.5 Å². The molecule has 1 unspecified atom stereocenters. The van der Waals surface area contributed by atoms with Crippen LogP contribution in [0.4, 0.5) is 9.18 Å². The van der Waals surface area contributed by atoms with E-state index in [1.165, 1.54) is 12.1 Å². The summed E-state index contributed by atoms with van der Waals surface area (Å²) in [4.78, 5) is 14.0. The molecule has 1 aromatic heterocycles. The Balaban J connectivity index is 1.50. The van der Waals surface area contributed by atoms with Crippen LogP contribution in [0.1, 0.15) is 27.2 Å². The van der Waals surface area contributed by atoms with Gasteiger partial charge in [-0.1, -0.05) is 12.1 Å². The smallest absolute Gasteiger partial charge is 0.317 e. The molecular weight excluding hydrogens is 347 g/mol. The second-order valence-electron chi connectivity index (χ2n) is 7.86. The number of amides is 2. The minimum absolute atomic E-state index is 0.0377. The van der Waals surface area contributed by atoms with Crippen LogP contribution in [-0.2, 0) is 0 Å². The number of carbonyl (C=O) groups excluding carboxylic acids is 1. The highest BCUT2D eigenvalue weighted by molar-refractivity contribution is 5.75. The van der Waals surface area contributed by atoms with Crippen molar-refractivity contribution in [2.45, 2.75) is 32.7 Å². The number of urea groups is 1. The summed E-state index contributed by atoms with van der Waals surface area (Å²) in [5.74, 6) is 0.379. The largest absolute Gasteiger partial charge is 0.476 e. The van der Waals surface area contributed by atoms with Crippen molar-refractivity contribution < 1.29 is 13.9 Å². The maximum Gasteiger partial charge on any atom is 0.317 e. The van der Waals surface area contributed by atoms with E-state index in [4.69, 9.17) is 4.74 Å². The van der Waals surface area contributed by atoms with Crippen LogP contribution in [0.2, 0.25) is 0 Å². The Bertz CT molecular complexity index is 789. The third-order valence-corrected chi connectivity index (χ3v) is 4.28. The third kappa shape index (κ3) is 5.39. The van der Waals surface area contributed by atoms with Crippen molar-refractivity contribution in [2.24, 2.45) is 5.92 Å². The van der Waals surface area contributed by atoms with Crippen LogP contribution < -0.4 is 10.1 Å². The van der Waals surface area contributed by atoms with Crippen molar-refractivity contribution in [1.82, 2.24) is 20.4 Å². The molecule has 0 bridgehead atoms. The van der Waals surface area contributed by atoms with E-state index in [0.29, 0.717) is 30.3 Å². The number of likely N-dealkylation sites (tertiary alicyclic amines) is 1. The number of rotatable bonds is 4. The maximum atomic E-state index is 13.3. The van der Waals surface area contributed by atoms with Gasteiger partial charge in [0.25, 0.3) is 0 Å². The molecule has 1 N–H and O–H groups in total. The minimum Gasteiger partial charge on any atom is -0.476 e. The van der Waals surface area contributed by atoms with Crippen molar-refractivity contribution >= 4 is 6.03 Å². The van der Waals surface area contributed by atoms with Gasteiger partial charge in [0.05, 0.1) is 12.3 Å². The number of nitrogens with one attached hydrogen (secondary N) is 1. The number of hydrogen-bond acceptors (Lipinski definition) is 4. The second-order valence-corrected chi connectivity index (χ2v) is 7.86. The van der Waals surface area contributed by atoms with Crippen LogP contribution in [0, 0.1) is 11.7 Å².